The number of nitrogens with one attached hydrogen (secondary N) is 2. The van der Waals surface area contributed by atoms with Crippen molar-refractivity contribution >= 4 is 39.9 Å². The number of aromatic nitrogens is 2. The standard InChI is InChI=1S/C16H21ClN4OS/c1-10-5-6-12(11(17)9-10)19-13(22)7-8-18-15-20-14(21-23-15)16(2,3)4/h5-6,9H,7-8H2,1-4H3,(H,19,22)(H,18,20,21). The minimum absolute atomic E-state index is 0.0734. The van der Waals surface area contributed by atoms with E-state index in [-0.39, 0.29) is 11.3 Å². The predicted molar refractivity (Wildman–Crippen MR) is 96.5 cm³/mol. The summed E-state index contributed by atoms with van der Waals surface area (Å²) < 4.78 is 4.32. The topological polar surface area (TPSA) is 66.9 Å². The van der Waals surface area contributed by atoms with E-state index in [0.717, 1.165) is 16.5 Å². The van der Waals surface area contributed by atoms with Gasteiger partial charge in [0.1, 0.15) is 5.82 Å². The third-order valence-electron chi connectivity index (χ3n) is 3.12. The Kier molecular flexibility index (Phi) is 5.59. The van der Waals surface area contributed by atoms with Gasteiger partial charge in [0, 0.05) is 29.9 Å². The summed E-state index contributed by atoms with van der Waals surface area (Å²) in [5.74, 6) is 0.713. The van der Waals surface area contributed by atoms with Crippen LogP contribution in [0.4, 0.5) is 10.8 Å². The molecule has 0 saturated heterocycles. The van der Waals surface area contributed by atoms with Gasteiger partial charge in [-0.2, -0.15) is 4.37 Å². The third kappa shape index (κ3) is 5.18. The van der Waals surface area contributed by atoms with Gasteiger partial charge in [-0.05, 0) is 24.6 Å². The van der Waals surface area contributed by atoms with Crippen LogP contribution >= 0.6 is 23.1 Å². The molecular weight excluding hydrogens is 332 g/mol. The smallest absolute Gasteiger partial charge is 0.226 e. The largest absolute Gasteiger partial charge is 0.360 e. The molecule has 2 rings (SSSR count). The molecule has 5 nitrogen and oxygen atoms in total. The summed E-state index contributed by atoms with van der Waals surface area (Å²) in [5, 5.41) is 7.22. The summed E-state index contributed by atoms with van der Waals surface area (Å²) in [7, 11) is 0. The van der Waals surface area contributed by atoms with Gasteiger partial charge >= 0.3 is 0 Å². The van der Waals surface area contributed by atoms with Gasteiger partial charge in [0.25, 0.3) is 0 Å². The molecule has 1 heterocycles. The highest BCUT2D eigenvalue weighted by atomic mass is 35.5. The van der Waals surface area contributed by atoms with Gasteiger partial charge in [-0.3, -0.25) is 4.79 Å². The Hall–Kier alpha value is -1.66. The van der Waals surface area contributed by atoms with Gasteiger partial charge in [0.05, 0.1) is 10.7 Å². The number of aryl methyl sites for hydroxylation is 1. The van der Waals surface area contributed by atoms with Crippen LogP contribution in [0.25, 0.3) is 0 Å². The molecule has 0 aliphatic rings. The molecule has 0 radical (unpaired) electrons. The van der Waals surface area contributed by atoms with Gasteiger partial charge in [0.2, 0.25) is 11.0 Å². The Labute approximate surface area is 145 Å². The first-order valence-corrected chi connectivity index (χ1v) is 8.55. The van der Waals surface area contributed by atoms with Crippen LogP contribution in [0, 0.1) is 6.92 Å². The fourth-order valence-electron chi connectivity index (χ4n) is 1.82. The monoisotopic (exact) mass is 352 g/mol. The van der Waals surface area contributed by atoms with Crippen LogP contribution in [0.15, 0.2) is 18.2 Å². The van der Waals surface area contributed by atoms with Crippen LogP contribution < -0.4 is 10.6 Å². The molecule has 1 amide bonds. The average Bonchev–Trinajstić information content (AvgIpc) is 2.91. The van der Waals surface area contributed by atoms with Crippen LogP contribution in [0.1, 0.15) is 38.6 Å². The minimum Gasteiger partial charge on any atom is -0.360 e. The highest BCUT2D eigenvalue weighted by Gasteiger charge is 2.19. The van der Waals surface area contributed by atoms with E-state index in [1.807, 2.05) is 25.1 Å². The van der Waals surface area contributed by atoms with Crippen molar-refractivity contribution in [3.05, 3.63) is 34.6 Å². The molecule has 0 unspecified atom stereocenters. The average molecular weight is 353 g/mol. The lowest BCUT2D eigenvalue weighted by Crippen LogP contribution is -2.17. The number of hydrogen-bond donors (Lipinski definition) is 2. The highest BCUT2D eigenvalue weighted by molar-refractivity contribution is 7.09. The highest BCUT2D eigenvalue weighted by Crippen LogP contribution is 2.24. The van der Waals surface area contributed by atoms with E-state index in [2.05, 4.69) is 40.8 Å². The first-order chi connectivity index (χ1) is 10.8. The zero-order valence-corrected chi connectivity index (χ0v) is 15.3. The van der Waals surface area contributed by atoms with Crippen molar-refractivity contribution in [2.75, 3.05) is 17.2 Å². The normalized spacial score (nSPS) is 11.3. The number of carbonyl (C=O) groups is 1. The molecule has 0 aliphatic heterocycles. The van der Waals surface area contributed by atoms with Crippen molar-refractivity contribution < 1.29 is 4.79 Å². The minimum atomic E-state index is -0.0937. The first kappa shape index (κ1) is 17.7. The second-order valence-electron chi connectivity index (χ2n) is 6.38. The van der Waals surface area contributed by atoms with Crippen molar-refractivity contribution in [2.45, 2.75) is 39.5 Å². The molecular formula is C16H21ClN4OS. The van der Waals surface area contributed by atoms with Gasteiger partial charge in [-0.15, -0.1) is 0 Å². The van der Waals surface area contributed by atoms with E-state index in [9.17, 15) is 4.79 Å². The molecule has 0 fully saturated rings. The summed E-state index contributed by atoms with van der Waals surface area (Å²) in [6.45, 7) is 8.65. The number of anilines is 2. The molecule has 23 heavy (non-hydrogen) atoms. The molecule has 1 aromatic carbocycles. The molecule has 2 aromatic rings. The lowest BCUT2D eigenvalue weighted by molar-refractivity contribution is -0.115. The molecule has 2 N–H and O–H groups in total. The third-order valence-corrected chi connectivity index (χ3v) is 4.11. The van der Waals surface area contributed by atoms with Gasteiger partial charge < -0.3 is 10.6 Å². The van der Waals surface area contributed by atoms with Crippen LogP contribution in [-0.4, -0.2) is 21.8 Å². The van der Waals surface area contributed by atoms with Gasteiger partial charge in [-0.25, -0.2) is 4.98 Å². The summed E-state index contributed by atoms with van der Waals surface area (Å²) in [6.07, 6.45) is 0.328. The number of hydrogen-bond acceptors (Lipinski definition) is 5. The van der Waals surface area contributed by atoms with Crippen LogP contribution in [0.2, 0.25) is 5.02 Å². The van der Waals surface area contributed by atoms with E-state index >= 15 is 0 Å². The van der Waals surface area contributed by atoms with E-state index in [4.69, 9.17) is 11.6 Å². The van der Waals surface area contributed by atoms with Crippen LogP contribution in [0.3, 0.4) is 0 Å². The van der Waals surface area contributed by atoms with Gasteiger partial charge in [-0.1, -0.05) is 38.4 Å². The maximum atomic E-state index is 12.0. The maximum Gasteiger partial charge on any atom is 0.226 e. The van der Waals surface area contributed by atoms with Crippen molar-refractivity contribution in [3.8, 4) is 0 Å². The Morgan fingerprint density at radius 3 is 2.70 bits per heavy atom. The SMILES string of the molecule is Cc1ccc(NC(=O)CCNc2nc(C(C)(C)C)ns2)c(Cl)c1. The van der Waals surface area contributed by atoms with Crippen LogP contribution in [0.5, 0.6) is 0 Å². The zero-order valence-electron chi connectivity index (χ0n) is 13.7. The van der Waals surface area contributed by atoms with E-state index in [1.165, 1.54) is 11.5 Å². The van der Waals surface area contributed by atoms with E-state index in [0.29, 0.717) is 23.7 Å². The fraction of sp³-hybridized carbons (Fsp3) is 0.438. The molecule has 0 saturated carbocycles. The fourth-order valence-corrected chi connectivity index (χ4v) is 2.88. The molecule has 7 heteroatoms. The van der Waals surface area contributed by atoms with E-state index < -0.39 is 0 Å². The molecule has 124 valence electrons. The molecule has 0 bridgehead atoms. The molecule has 1 aromatic heterocycles. The Bertz CT molecular complexity index is 694. The summed E-state index contributed by atoms with van der Waals surface area (Å²) >= 11 is 7.41. The van der Waals surface area contributed by atoms with Crippen molar-refractivity contribution in [2.24, 2.45) is 0 Å². The number of rotatable bonds is 5. The second-order valence-corrected chi connectivity index (χ2v) is 7.54. The van der Waals surface area contributed by atoms with E-state index in [1.54, 1.807) is 0 Å². The van der Waals surface area contributed by atoms with Crippen molar-refractivity contribution in [1.29, 1.82) is 0 Å². The number of amides is 1. The lowest BCUT2D eigenvalue weighted by atomic mass is 9.96. The molecule has 0 aliphatic carbocycles. The summed E-state index contributed by atoms with van der Waals surface area (Å²) in [6, 6.07) is 5.54. The Morgan fingerprint density at radius 2 is 2.09 bits per heavy atom. The summed E-state index contributed by atoms with van der Waals surface area (Å²) in [5.41, 5.74) is 1.62. The summed E-state index contributed by atoms with van der Waals surface area (Å²) in [4.78, 5) is 16.4. The number of halogens is 1. The van der Waals surface area contributed by atoms with Crippen molar-refractivity contribution in [1.82, 2.24) is 9.36 Å². The Balaban J connectivity index is 1.82. The Morgan fingerprint density at radius 1 is 1.35 bits per heavy atom. The zero-order chi connectivity index (χ0) is 17.0. The van der Waals surface area contributed by atoms with Gasteiger partial charge in [0.15, 0.2) is 0 Å². The molecule has 0 atom stereocenters. The lowest BCUT2D eigenvalue weighted by Gasteiger charge is -2.12. The number of carbonyl (C=O) groups excluding carboxylic acids is 1. The quantitative estimate of drug-likeness (QED) is 0.844. The number of benzene rings is 1. The molecule has 0 spiro atoms. The number of nitrogens with zero attached hydrogens (tertiary/aromatic N) is 2. The van der Waals surface area contributed by atoms with Crippen LogP contribution in [-0.2, 0) is 10.2 Å². The second kappa shape index (κ2) is 7.27. The first-order valence-electron chi connectivity index (χ1n) is 7.40. The predicted octanol–water partition coefficient (Wildman–Crippen LogP) is 4.24. The van der Waals surface area contributed by atoms with Crippen molar-refractivity contribution in [3.63, 3.8) is 0 Å². The maximum absolute atomic E-state index is 12.0.